The summed E-state index contributed by atoms with van der Waals surface area (Å²) in [5.41, 5.74) is 1.57. The van der Waals surface area contributed by atoms with Crippen molar-refractivity contribution >= 4 is 39.6 Å². The zero-order valence-electron chi connectivity index (χ0n) is 14.3. The normalized spacial score (nSPS) is 13.7. The minimum Gasteiger partial charge on any atom is -0.460 e. The van der Waals surface area contributed by atoms with E-state index in [4.69, 9.17) is 4.74 Å². The number of likely N-dealkylation sites (tertiary alicyclic amines) is 1. The predicted octanol–water partition coefficient (Wildman–Crippen LogP) is 4.52. The van der Waals surface area contributed by atoms with Crippen LogP contribution in [0.5, 0.6) is 0 Å². The lowest BCUT2D eigenvalue weighted by Crippen LogP contribution is -2.27. The van der Waals surface area contributed by atoms with Gasteiger partial charge in [-0.25, -0.2) is 0 Å². The molecule has 0 N–H and O–H groups in total. The molecule has 1 heterocycles. The van der Waals surface area contributed by atoms with Gasteiger partial charge >= 0.3 is 5.97 Å². The first-order chi connectivity index (χ1) is 12.6. The van der Waals surface area contributed by atoms with E-state index in [1.54, 1.807) is 12.1 Å². The topological polar surface area (TPSA) is 46.6 Å². The summed E-state index contributed by atoms with van der Waals surface area (Å²) >= 11 is 4.83. The maximum Gasteiger partial charge on any atom is 0.316 e. The number of rotatable bonds is 6. The first kappa shape index (κ1) is 19.0. The third-order valence-corrected chi connectivity index (χ3v) is 5.68. The predicted molar refractivity (Wildman–Crippen MR) is 106 cm³/mol. The molecule has 0 saturated carbocycles. The SMILES string of the molecule is O=C(CSc1ccc(Br)cc1)OCc1ccc(C(=O)N2CCCC2)cc1. The molecule has 1 saturated heterocycles. The van der Waals surface area contributed by atoms with E-state index in [1.165, 1.54) is 11.8 Å². The van der Waals surface area contributed by atoms with Gasteiger partial charge in [-0.15, -0.1) is 11.8 Å². The van der Waals surface area contributed by atoms with E-state index in [0.29, 0.717) is 5.56 Å². The summed E-state index contributed by atoms with van der Waals surface area (Å²) < 4.78 is 6.32. The Balaban J connectivity index is 1.44. The number of carbonyl (C=O) groups excluding carboxylic acids is 2. The molecule has 1 aliphatic rings. The highest BCUT2D eigenvalue weighted by Crippen LogP contribution is 2.21. The Morgan fingerprint density at radius 3 is 2.31 bits per heavy atom. The number of ether oxygens (including phenoxy) is 1. The molecule has 2 aromatic rings. The van der Waals surface area contributed by atoms with E-state index in [1.807, 2.05) is 41.3 Å². The van der Waals surface area contributed by atoms with Gasteiger partial charge in [0.25, 0.3) is 5.91 Å². The van der Waals surface area contributed by atoms with Crippen molar-refractivity contribution in [2.45, 2.75) is 24.3 Å². The Labute approximate surface area is 166 Å². The molecule has 26 heavy (non-hydrogen) atoms. The van der Waals surface area contributed by atoms with E-state index in [2.05, 4.69) is 15.9 Å². The minimum absolute atomic E-state index is 0.0805. The molecular weight excluding hydrogens is 414 g/mol. The van der Waals surface area contributed by atoms with Crippen molar-refractivity contribution in [2.75, 3.05) is 18.8 Å². The lowest BCUT2D eigenvalue weighted by molar-refractivity contribution is -0.141. The summed E-state index contributed by atoms with van der Waals surface area (Å²) in [5.74, 6) is 0.0970. The summed E-state index contributed by atoms with van der Waals surface area (Å²) in [4.78, 5) is 27.1. The largest absolute Gasteiger partial charge is 0.460 e. The summed E-state index contributed by atoms with van der Waals surface area (Å²) in [6, 6.07) is 15.1. The fourth-order valence-electron chi connectivity index (χ4n) is 2.72. The van der Waals surface area contributed by atoms with Crippen LogP contribution in [0.4, 0.5) is 0 Å². The third-order valence-electron chi connectivity index (χ3n) is 4.16. The first-order valence-corrected chi connectivity index (χ1v) is 10.3. The summed E-state index contributed by atoms with van der Waals surface area (Å²) in [7, 11) is 0. The van der Waals surface area contributed by atoms with E-state index < -0.39 is 0 Å². The molecule has 0 atom stereocenters. The van der Waals surface area contributed by atoms with Gasteiger partial charge in [0.2, 0.25) is 0 Å². The molecule has 0 radical (unpaired) electrons. The number of halogens is 1. The van der Waals surface area contributed by atoms with Crippen LogP contribution in [-0.4, -0.2) is 35.6 Å². The van der Waals surface area contributed by atoms with Gasteiger partial charge in [0.1, 0.15) is 6.61 Å². The average Bonchev–Trinajstić information content (AvgIpc) is 3.20. The molecule has 6 heteroatoms. The maximum atomic E-state index is 12.3. The van der Waals surface area contributed by atoms with E-state index in [0.717, 1.165) is 40.9 Å². The highest BCUT2D eigenvalue weighted by Gasteiger charge is 2.19. The van der Waals surface area contributed by atoms with Crippen molar-refractivity contribution in [2.24, 2.45) is 0 Å². The molecule has 1 aliphatic heterocycles. The van der Waals surface area contributed by atoms with E-state index >= 15 is 0 Å². The van der Waals surface area contributed by atoms with Crippen molar-refractivity contribution in [3.8, 4) is 0 Å². The number of amides is 1. The molecule has 1 fully saturated rings. The molecule has 0 bridgehead atoms. The lowest BCUT2D eigenvalue weighted by atomic mass is 10.1. The molecule has 4 nitrogen and oxygen atoms in total. The Morgan fingerprint density at radius 2 is 1.65 bits per heavy atom. The van der Waals surface area contributed by atoms with Crippen LogP contribution in [0.3, 0.4) is 0 Å². The number of hydrogen-bond acceptors (Lipinski definition) is 4. The van der Waals surface area contributed by atoms with Crippen molar-refractivity contribution < 1.29 is 14.3 Å². The number of esters is 1. The van der Waals surface area contributed by atoms with Crippen LogP contribution in [0.15, 0.2) is 57.9 Å². The number of benzene rings is 2. The fraction of sp³-hybridized carbons (Fsp3) is 0.300. The van der Waals surface area contributed by atoms with Crippen LogP contribution in [-0.2, 0) is 16.1 Å². The number of thioether (sulfide) groups is 1. The van der Waals surface area contributed by atoms with Gasteiger partial charge < -0.3 is 9.64 Å². The standard InChI is InChI=1S/C20H20BrNO3S/c21-17-7-9-18(10-8-17)26-14-19(23)25-13-15-3-5-16(6-4-15)20(24)22-11-1-2-12-22/h3-10H,1-2,11-14H2. The number of carbonyl (C=O) groups is 2. The van der Waals surface area contributed by atoms with Crippen LogP contribution in [0.1, 0.15) is 28.8 Å². The Kier molecular flexibility index (Phi) is 6.74. The minimum atomic E-state index is -0.255. The molecule has 0 unspecified atom stereocenters. The number of hydrogen-bond donors (Lipinski definition) is 0. The van der Waals surface area contributed by atoms with Gasteiger partial charge in [0.05, 0.1) is 5.75 Å². The van der Waals surface area contributed by atoms with Gasteiger partial charge in [0, 0.05) is 28.0 Å². The Hall–Kier alpha value is -1.79. The molecule has 3 rings (SSSR count). The summed E-state index contributed by atoms with van der Waals surface area (Å²) in [6.07, 6.45) is 2.16. The Morgan fingerprint density at radius 1 is 1.00 bits per heavy atom. The molecule has 2 aromatic carbocycles. The van der Waals surface area contributed by atoms with Crippen molar-refractivity contribution in [1.82, 2.24) is 4.90 Å². The maximum absolute atomic E-state index is 12.3. The fourth-order valence-corrected chi connectivity index (χ4v) is 3.69. The van der Waals surface area contributed by atoms with Crippen LogP contribution in [0, 0.1) is 0 Å². The quantitative estimate of drug-likeness (QED) is 0.496. The first-order valence-electron chi connectivity index (χ1n) is 8.54. The van der Waals surface area contributed by atoms with Crippen molar-refractivity contribution in [3.63, 3.8) is 0 Å². The van der Waals surface area contributed by atoms with Gasteiger partial charge in [-0.05, 0) is 54.8 Å². The smallest absolute Gasteiger partial charge is 0.316 e. The Bertz CT molecular complexity index is 756. The van der Waals surface area contributed by atoms with Gasteiger partial charge in [-0.3, -0.25) is 9.59 Å². The molecular formula is C20H20BrNO3S. The van der Waals surface area contributed by atoms with Gasteiger partial charge in [0.15, 0.2) is 0 Å². The van der Waals surface area contributed by atoms with E-state index in [9.17, 15) is 9.59 Å². The van der Waals surface area contributed by atoms with Crippen LogP contribution < -0.4 is 0 Å². The number of nitrogens with zero attached hydrogens (tertiary/aromatic N) is 1. The molecule has 1 amide bonds. The zero-order valence-corrected chi connectivity index (χ0v) is 16.7. The van der Waals surface area contributed by atoms with Crippen LogP contribution in [0.2, 0.25) is 0 Å². The van der Waals surface area contributed by atoms with Crippen LogP contribution in [0.25, 0.3) is 0 Å². The van der Waals surface area contributed by atoms with Crippen LogP contribution >= 0.6 is 27.7 Å². The monoisotopic (exact) mass is 433 g/mol. The highest BCUT2D eigenvalue weighted by molar-refractivity contribution is 9.10. The molecule has 0 aromatic heterocycles. The molecule has 136 valence electrons. The van der Waals surface area contributed by atoms with Gasteiger partial charge in [-0.2, -0.15) is 0 Å². The third kappa shape index (κ3) is 5.35. The second kappa shape index (κ2) is 9.24. The highest BCUT2D eigenvalue weighted by atomic mass is 79.9. The lowest BCUT2D eigenvalue weighted by Gasteiger charge is -2.15. The van der Waals surface area contributed by atoms with Gasteiger partial charge in [-0.1, -0.05) is 28.1 Å². The summed E-state index contributed by atoms with van der Waals surface area (Å²) in [6.45, 7) is 1.90. The zero-order chi connectivity index (χ0) is 18.4. The summed E-state index contributed by atoms with van der Waals surface area (Å²) in [5, 5.41) is 0. The second-order valence-electron chi connectivity index (χ2n) is 6.10. The van der Waals surface area contributed by atoms with E-state index in [-0.39, 0.29) is 24.2 Å². The van der Waals surface area contributed by atoms with Crippen molar-refractivity contribution in [1.29, 1.82) is 0 Å². The average molecular weight is 434 g/mol. The van der Waals surface area contributed by atoms with Crippen molar-refractivity contribution in [3.05, 3.63) is 64.1 Å². The molecule has 0 aliphatic carbocycles. The second-order valence-corrected chi connectivity index (χ2v) is 8.06. The molecule has 0 spiro atoms.